The van der Waals surface area contributed by atoms with Gasteiger partial charge in [0.05, 0.1) is 6.42 Å². The Morgan fingerprint density at radius 1 is 1.16 bits per heavy atom. The molecule has 0 aliphatic rings. The molecule has 25 heavy (non-hydrogen) atoms. The molecule has 0 bridgehead atoms. The van der Waals surface area contributed by atoms with E-state index in [1.54, 1.807) is 25.1 Å². The normalized spacial score (nSPS) is 11.7. The van der Waals surface area contributed by atoms with Gasteiger partial charge in [0, 0.05) is 19.2 Å². The van der Waals surface area contributed by atoms with E-state index >= 15 is 0 Å². The van der Waals surface area contributed by atoms with Crippen LogP contribution in [0.15, 0.2) is 48.5 Å². The molecule has 0 aliphatic carbocycles. The number of rotatable bonds is 6. The van der Waals surface area contributed by atoms with Gasteiger partial charge in [0.25, 0.3) is 0 Å². The van der Waals surface area contributed by atoms with Crippen LogP contribution in [0.5, 0.6) is 0 Å². The van der Waals surface area contributed by atoms with Crippen molar-refractivity contribution in [3.8, 4) is 0 Å². The highest BCUT2D eigenvalue weighted by Crippen LogP contribution is 2.15. The fourth-order valence-electron chi connectivity index (χ4n) is 2.70. The van der Waals surface area contributed by atoms with Crippen LogP contribution in [0, 0.1) is 12.7 Å². The maximum atomic E-state index is 14.0. The third kappa shape index (κ3) is 4.89. The van der Waals surface area contributed by atoms with E-state index in [9.17, 15) is 14.0 Å². The Bertz CT molecular complexity index is 761. The lowest BCUT2D eigenvalue weighted by molar-refractivity contribution is -0.139. The van der Waals surface area contributed by atoms with Crippen LogP contribution in [-0.4, -0.2) is 29.8 Å². The predicted molar refractivity (Wildman–Crippen MR) is 95.4 cm³/mol. The SMILES string of the molecule is CNC(=O)[C@@H](C)N(Cc1ccccc1F)C(=O)Cc1cccc(C)c1. The molecule has 1 atom stereocenters. The van der Waals surface area contributed by atoms with Crippen LogP contribution in [0.4, 0.5) is 4.39 Å². The average Bonchev–Trinajstić information content (AvgIpc) is 2.59. The van der Waals surface area contributed by atoms with Gasteiger partial charge in [-0.3, -0.25) is 9.59 Å². The molecule has 2 rings (SSSR count). The van der Waals surface area contributed by atoms with Gasteiger partial charge in [-0.2, -0.15) is 0 Å². The quantitative estimate of drug-likeness (QED) is 0.878. The zero-order valence-corrected chi connectivity index (χ0v) is 14.8. The average molecular weight is 342 g/mol. The van der Waals surface area contributed by atoms with E-state index < -0.39 is 6.04 Å². The van der Waals surface area contributed by atoms with E-state index in [4.69, 9.17) is 0 Å². The summed E-state index contributed by atoms with van der Waals surface area (Å²) in [6.07, 6.45) is 0.164. The van der Waals surface area contributed by atoms with Crippen LogP contribution >= 0.6 is 0 Å². The largest absolute Gasteiger partial charge is 0.357 e. The summed E-state index contributed by atoms with van der Waals surface area (Å²) in [6.45, 7) is 3.65. The molecule has 0 spiro atoms. The van der Waals surface area contributed by atoms with Crippen molar-refractivity contribution in [2.75, 3.05) is 7.05 Å². The molecule has 2 aromatic carbocycles. The maximum absolute atomic E-state index is 14.0. The lowest BCUT2D eigenvalue weighted by atomic mass is 10.1. The minimum atomic E-state index is -0.693. The van der Waals surface area contributed by atoms with E-state index in [1.807, 2.05) is 31.2 Å². The van der Waals surface area contributed by atoms with E-state index in [2.05, 4.69) is 5.32 Å². The second-order valence-corrected chi connectivity index (χ2v) is 6.07. The second-order valence-electron chi connectivity index (χ2n) is 6.07. The number of carbonyl (C=O) groups is 2. The number of nitrogens with zero attached hydrogens (tertiary/aromatic N) is 1. The molecule has 0 aromatic heterocycles. The highest BCUT2D eigenvalue weighted by Gasteiger charge is 2.26. The first kappa shape index (κ1) is 18.6. The summed E-state index contributed by atoms with van der Waals surface area (Å²) >= 11 is 0. The third-order valence-corrected chi connectivity index (χ3v) is 4.15. The van der Waals surface area contributed by atoms with Crippen LogP contribution < -0.4 is 5.32 Å². The minimum Gasteiger partial charge on any atom is -0.357 e. The first-order valence-corrected chi connectivity index (χ1v) is 8.22. The molecule has 0 saturated carbocycles. The highest BCUT2D eigenvalue weighted by molar-refractivity contribution is 5.88. The van der Waals surface area contributed by atoms with Gasteiger partial charge in [-0.05, 0) is 25.5 Å². The molecule has 0 aliphatic heterocycles. The van der Waals surface area contributed by atoms with Crippen molar-refractivity contribution >= 4 is 11.8 Å². The van der Waals surface area contributed by atoms with Gasteiger partial charge >= 0.3 is 0 Å². The molecular weight excluding hydrogens is 319 g/mol. The molecule has 132 valence electrons. The Labute approximate surface area is 147 Å². The number of likely N-dealkylation sites (N-methyl/N-ethyl adjacent to an activating group) is 1. The van der Waals surface area contributed by atoms with Gasteiger partial charge in [0.2, 0.25) is 11.8 Å². The summed E-state index contributed by atoms with van der Waals surface area (Å²) in [5, 5.41) is 2.55. The Morgan fingerprint density at radius 2 is 1.88 bits per heavy atom. The van der Waals surface area contributed by atoms with Crippen LogP contribution in [0.3, 0.4) is 0 Å². The van der Waals surface area contributed by atoms with Crippen molar-refractivity contribution in [1.82, 2.24) is 10.2 Å². The number of hydrogen-bond donors (Lipinski definition) is 1. The summed E-state index contributed by atoms with van der Waals surface area (Å²) in [4.78, 5) is 26.3. The molecule has 0 saturated heterocycles. The molecule has 1 N–H and O–H groups in total. The zero-order valence-electron chi connectivity index (χ0n) is 14.8. The third-order valence-electron chi connectivity index (χ3n) is 4.15. The summed E-state index contributed by atoms with van der Waals surface area (Å²) in [6, 6.07) is 13.2. The van der Waals surface area contributed by atoms with Crippen LogP contribution in [-0.2, 0) is 22.6 Å². The van der Waals surface area contributed by atoms with Crippen molar-refractivity contribution in [3.05, 3.63) is 71.0 Å². The zero-order chi connectivity index (χ0) is 18.4. The fraction of sp³-hybridized carbons (Fsp3) is 0.300. The van der Waals surface area contributed by atoms with Gasteiger partial charge in [-0.1, -0.05) is 48.0 Å². The van der Waals surface area contributed by atoms with E-state index in [0.29, 0.717) is 5.56 Å². The summed E-state index contributed by atoms with van der Waals surface area (Å²) in [7, 11) is 1.52. The molecule has 2 amide bonds. The summed E-state index contributed by atoms with van der Waals surface area (Å²) < 4.78 is 14.0. The lowest BCUT2D eigenvalue weighted by Crippen LogP contribution is -2.47. The number of carbonyl (C=O) groups excluding carboxylic acids is 2. The van der Waals surface area contributed by atoms with Gasteiger partial charge < -0.3 is 10.2 Å². The lowest BCUT2D eigenvalue weighted by Gasteiger charge is -2.28. The van der Waals surface area contributed by atoms with Gasteiger partial charge in [0.1, 0.15) is 11.9 Å². The standard InChI is InChI=1S/C20H23FN2O2/c1-14-7-6-8-16(11-14)12-19(24)23(15(2)20(25)22-3)13-17-9-4-5-10-18(17)21/h4-11,15H,12-13H2,1-3H3,(H,22,25)/t15-/m1/s1. The van der Waals surface area contributed by atoms with Gasteiger partial charge in [-0.15, -0.1) is 0 Å². The van der Waals surface area contributed by atoms with E-state index in [1.165, 1.54) is 18.0 Å². The Hall–Kier alpha value is -2.69. The summed E-state index contributed by atoms with van der Waals surface area (Å²) in [5.74, 6) is -0.890. The van der Waals surface area contributed by atoms with E-state index in [-0.39, 0.29) is 30.6 Å². The number of nitrogens with one attached hydrogen (secondary N) is 1. The number of amides is 2. The van der Waals surface area contributed by atoms with Crippen molar-refractivity contribution in [2.45, 2.75) is 32.9 Å². The summed E-state index contributed by atoms with van der Waals surface area (Å²) in [5.41, 5.74) is 2.31. The van der Waals surface area contributed by atoms with Gasteiger partial charge in [-0.25, -0.2) is 4.39 Å². The minimum absolute atomic E-state index is 0.0475. The first-order chi connectivity index (χ1) is 11.9. The maximum Gasteiger partial charge on any atom is 0.242 e. The smallest absolute Gasteiger partial charge is 0.242 e. The number of aryl methyl sites for hydroxylation is 1. The van der Waals surface area contributed by atoms with Crippen LogP contribution in [0.1, 0.15) is 23.6 Å². The molecule has 0 unspecified atom stereocenters. The molecular formula is C20H23FN2O2. The van der Waals surface area contributed by atoms with E-state index in [0.717, 1.165) is 11.1 Å². The molecule has 0 heterocycles. The van der Waals surface area contributed by atoms with Crippen molar-refractivity contribution in [2.24, 2.45) is 0 Å². The fourth-order valence-corrected chi connectivity index (χ4v) is 2.70. The highest BCUT2D eigenvalue weighted by atomic mass is 19.1. The van der Waals surface area contributed by atoms with Crippen molar-refractivity contribution < 1.29 is 14.0 Å². The molecule has 0 radical (unpaired) electrons. The molecule has 0 fully saturated rings. The molecule has 5 heteroatoms. The predicted octanol–water partition coefficient (Wildman–Crippen LogP) is 2.84. The van der Waals surface area contributed by atoms with Crippen molar-refractivity contribution in [3.63, 3.8) is 0 Å². The van der Waals surface area contributed by atoms with Crippen LogP contribution in [0.25, 0.3) is 0 Å². The number of halogens is 1. The van der Waals surface area contributed by atoms with Gasteiger partial charge in [0.15, 0.2) is 0 Å². The topological polar surface area (TPSA) is 49.4 Å². The molecule has 2 aromatic rings. The Kier molecular flexibility index (Phi) is 6.28. The monoisotopic (exact) mass is 342 g/mol. The molecule has 4 nitrogen and oxygen atoms in total. The Balaban J connectivity index is 2.25. The Morgan fingerprint density at radius 3 is 2.52 bits per heavy atom. The first-order valence-electron chi connectivity index (χ1n) is 8.22. The second kappa shape index (κ2) is 8.42. The van der Waals surface area contributed by atoms with Crippen molar-refractivity contribution in [1.29, 1.82) is 0 Å². The number of benzene rings is 2. The number of hydrogen-bond acceptors (Lipinski definition) is 2. The van der Waals surface area contributed by atoms with Crippen LogP contribution in [0.2, 0.25) is 0 Å².